The number of carbonyl (C=O) groups is 1. The van der Waals surface area contributed by atoms with Gasteiger partial charge in [-0.1, -0.05) is 0 Å². The van der Waals surface area contributed by atoms with Crippen LogP contribution in [-0.2, 0) is 10.7 Å². The fraction of sp³-hybridized carbons (Fsp3) is 0.364. The van der Waals surface area contributed by atoms with Crippen LogP contribution < -0.4 is 0 Å². The third-order valence-corrected chi connectivity index (χ3v) is 2.89. The Morgan fingerprint density at radius 1 is 1.44 bits per heavy atom. The molecule has 0 saturated heterocycles. The fourth-order valence-electron chi connectivity index (χ4n) is 1.30. The topological polar surface area (TPSA) is 26.3 Å². The minimum Gasteiger partial charge on any atom is -0.465 e. The molecule has 1 aromatic carbocycles. The lowest BCUT2D eigenvalue weighted by molar-refractivity contribution is 0.0145. The molecule has 16 heavy (non-hydrogen) atoms. The number of methoxy groups -OCH3 is 1. The molecule has 0 spiro atoms. The quantitative estimate of drug-likeness (QED) is 0.604. The largest absolute Gasteiger partial charge is 0.465 e. The number of esters is 1. The van der Waals surface area contributed by atoms with Crippen LogP contribution in [0.25, 0.3) is 0 Å². The second-order valence-electron chi connectivity index (χ2n) is 3.30. The lowest BCUT2D eigenvalue weighted by Gasteiger charge is -2.15. The van der Waals surface area contributed by atoms with Crippen molar-refractivity contribution in [2.45, 2.75) is 17.7 Å². The van der Waals surface area contributed by atoms with Crippen LogP contribution in [0.2, 0.25) is 0 Å². The van der Waals surface area contributed by atoms with Crippen LogP contribution in [0.5, 0.6) is 0 Å². The first-order valence-corrected chi connectivity index (χ1v) is 5.77. The van der Waals surface area contributed by atoms with Crippen molar-refractivity contribution in [3.8, 4) is 0 Å². The van der Waals surface area contributed by atoms with E-state index in [2.05, 4.69) is 4.74 Å². The van der Waals surface area contributed by atoms with Gasteiger partial charge in [0, 0.05) is 17.4 Å². The number of carbonyl (C=O) groups excluding carboxylic acids is 1. The Balaban J connectivity index is 3.27. The number of hydrogen-bond acceptors (Lipinski definition) is 3. The standard InChI is InChI=1S/C11H12F2O2S/c1-11(12,13)8-6-7(10(14)15-2)4-5-9(8)16-3/h4-6H,1-3H3. The van der Waals surface area contributed by atoms with Gasteiger partial charge in [-0.3, -0.25) is 0 Å². The van der Waals surface area contributed by atoms with Gasteiger partial charge in [-0.05, 0) is 24.5 Å². The van der Waals surface area contributed by atoms with Crippen molar-refractivity contribution in [2.75, 3.05) is 13.4 Å². The molecule has 0 heterocycles. The molecule has 0 amide bonds. The maximum Gasteiger partial charge on any atom is 0.337 e. The Kier molecular flexibility index (Phi) is 3.91. The predicted molar refractivity (Wildman–Crippen MR) is 59.1 cm³/mol. The number of alkyl halides is 2. The van der Waals surface area contributed by atoms with Crippen molar-refractivity contribution in [3.63, 3.8) is 0 Å². The van der Waals surface area contributed by atoms with Gasteiger partial charge < -0.3 is 4.74 Å². The molecule has 5 heteroatoms. The van der Waals surface area contributed by atoms with Gasteiger partial charge in [-0.25, -0.2) is 13.6 Å². The maximum atomic E-state index is 13.3. The summed E-state index contributed by atoms with van der Waals surface area (Å²) in [5.74, 6) is -3.58. The van der Waals surface area contributed by atoms with Gasteiger partial charge in [0.25, 0.3) is 5.92 Å². The van der Waals surface area contributed by atoms with E-state index >= 15 is 0 Å². The number of hydrogen-bond donors (Lipinski definition) is 0. The zero-order valence-electron chi connectivity index (χ0n) is 9.21. The van der Waals surface area contributed by atoms with Crippen LogP contribution in [0, 0.1) is 0 Å². The molecule has 0 fully saturated rings. The third-order valence-electron chi connectivity index (χ3n) is 2.09. The summed E-state index contributed by atoms with van der Waals surface area (Å²) in [7, 11) is 1.22. The Labute approximate surface area is 97.0 Å². The van der Waals surface area contributed by atoms with Crippen molar-refractivity contribution < 1.29 is 18.3 Å². The molecule has 1 rings (SSSR count). The highest BCUT2D eigenvalue weighted by Gasteiger charge is 2.28. The SMILES string of the molecule is COC(=O)c1ccc(SC)c(C(C)(F)F)c1. The normalized spacial score (nSPS) is 11.3. The number of ether oxygens (including phenoxy) is 1. The zero-order valence-corrected chi connectivity index (χ0v) is 10.0. The number of benzene rings is 1. The smallest absolute Gasteiger partial charge is 0.337 e. The van der Waals surface area contributed by atoms with E-state index in [1.165, 1.54) is 37.1 Å². The average Bonchev–Trinajstić information content (AvgIpc) is 2.26. The van der Waals surface area contributed by atoms with Crippen LogP contribution in [0.4, 0.5) is 8.78 Å². The summed E-state index contributed by atoms with van der Waals surface area (Å²) in [5.41, 5.74) is -0.0141. The molecule has 0 radical (unpaired) electrons. The van der Waals surface area contributed by atoms with E-state index in [1.807, 2.05) is 0 Å². The van der Waals surface area contributed by atoms with Crippen LogP contribution in [0.3, 0.4) is 0 Å². The number of rotatable bonds is 3. The molecule has 2 nitrogen and oxygen atoms in total. The first-order chi connectivity index (χ1) is 7.40. The molecule has 0 bridgehead atoms. The molecule has 0 aliphatic carbocycles. The van der Waals surface area contributed by atoms with Crippen LogP contribution in [0.15, 0.2) is 23.1 Å². The molecule has 0 N–H and O–H groups in total. The molecule has 0 aromatic heterocycles. The maximum absolute atomic E-state index is 13.3. The van der Waals surface area contributed by atoms with E-state index in [0.29, 0.717) is 4.90 Å². The van der Waals surface area contributed by atoms with Crippen molar-refractivity contribution in [2.24, 2.45) is 0 Å². The highest BCUT2D eigenvalue weighted by atomic mass is 32.2. The lowest BCUT2D eigenvalue weighted by Crippen LogP contribution is -2.11. The van der Waals surface area contributed by atoms with E-state index in [9.17, 15) is 13.6 Å². The Morgan fingerprint density at radius 3 is 2.50 bits per heavy atom. The average molecular weight is 246 g/mol. The number of thioether (sulfide) groups is 1. The predicted octanol–water partition coefficient (Wildman–Crippen LogP) is 3.31. The van der Waals surface area contributed by atoms with E-state index in [0.717, 1.165) is 6.92 Å². The van der Waals surface area contributed by atoms with Crippen LogP contribution >= 0.6 is 11.8 Å². The highest BCUT2D eigenvalue weighted by Crippen LogP contribution is 2.35. The summed E-state index contributed by atoms with van der Waals surface area (Å²) in [6.07, 6.45) is 1.71. The Morgan fingerprint density at radius 2 is 2.06 bits per heavy atom. The third kappa shape index (κ3) is 2.72. The van der Waals surface area contributed by atoms with Crippen molar-refractivity contribution in [3.05, 3.63) is 29.3 Å². The number of halogens is 2. The molecule has 1 aromatic rings. The van der Waals surface area contributed by atoms with Gasteiger partial charge in [0.1, 0.15) is 0 Å². The molecule has 0 aliphatic rings. The van der Waals surface area contributed by atoms with E-state index < -0.39 is 11.9 Å². The van der Waals surface area contributed by atoms with Gasteiger partial charge in [0.05, 0.1) is 12.7 Å². The molecule has 0 saturated carbocycles. The summed E-state index contributed by atoms with van der Waals surface area (Å²) < 4.78 is 31.1. The van der Waals surface area contributed by atoms with Gasteiger partial charge >= 0.3 is 5.97 Å². The van der Waals surface area contributed by atoms with Crippen molar-refractivity contribution >= 4 is 17.7 Å². The summed E-state index contributed by atoms with van der Waals surface area (Å²) >= 11 is 1.22. The molecule has 0 aliphatic heterocycles. The minimum absolute atomic E-state index is 0.136. The Bertz CT molecular complexity index is 399. The molecule has 0 unspecified atom stereocenters. The molecule has 0 atom stereocenters. The van der Waals surface area contributed by atoms with E-state index in [4.69, 9.17) is 0 Å². The summed E-state index contributed by atoms with van der Waals surface area (Å²) in [4.78, 5) is 11.7. The van der Waals surface area contributed by atoms with Gasteiger partial charge in [0.2, 0.25) is 0 Å². The monoisotopic (exact) mass is 246 g/mol. The summed E-state index contributed by atoms with van der Waals surface area (Å²) in [6.45, 7) is 0.809. The highest BCUT2D eigenvalue weighted by molar-refractivity contribution is 7.98. The van der Waals surface area contributed by atoms with Crippen LogP contribution in [0.1, 0.15) is 22.8 Å². The van der Waals surface area contributed by atoms with Gasteiger partial charge in [-0.15, -0.1) is 11.8 Å². The zero-order chi connectivity index (χ0) is 12.3. The second kappa shape index (κ2) is 4.82. The van der Waals surface area contributed by atoms with Crippen molar-refractivity contribution in [1.29, 1.82) is 0 Å². The lowest BCUT2D eigenvalue weighted by atomic mass is 10.1. The minimum atomic E-state index is -2.97. The summed E-state index contributed by atoms with van der Waals surface area (Å²) in [6, 6.07) is 4.16. The first-order valence-electron chi connectivity index (χ1n) is 4.54. The molecule has 88 valence electrons. The fourth-order valence-corrected chi connectivity index (χ4v) is 1.96. The second-order valence-corrected chi connectivity index (χ2v) is 4.14. The van der Waals surface area contributed by atoms with E-state index in [-0.39, 0.29) is 11.1 Å². The Hall–Kier alpha value is -1.10. The summed E-state index contributed by atoms with van der Waals surface area (Å²) in [5, 5.41) is 0. The molecular formula is C11H12F2O2S. The van der Waals surface area contributed by atoms with E-state index in [1.54, 1.807) is 6.26 Å². The first kappa shape index (κ1) is 13.0. The van der Waals surface area contributed by atoms with Crippen LogP contribution in [-0.4, -0.2) is 19.3 Å². The van der Waals surface area contributed by atoms with Gasteiger partial charge in [0.15, 0.2) is 0 Å². The molecular weight excluding hydrogens is 234 g/mol. The van der Waals surface area contributed by atoms with Crippen molar-refractivity contribution in [1.82, 2.24) is 0 Å². The van der Waals surface area contributed by atoms with Gasteiger partial charge in [-0.2, -0.15) is 0 Å².